The van der Waals surface area contributed by atoms with E-state index in [4.69, 9.17) is 4.74 Å². The molecule has 0 aromatic rings. The van der Waals surface area contributed by atoms with E-state index in [-0.39, 0.29) is 12.7 Å². The third-order valence-electron chi connectivity index (χ3n) is 1.76. The highest BCUT2D eigenvalue weighted by atomic mass is 16.5. The molecule has 3 nitrogen and oxygen atoms in total. The first kappa shape index (κ1) is 12.9. The summed E-state index contributed by atoms with van der Waals surface area (Å²) in [6.07, 6.45) is -0.716. The predicted octanol–water partition coefficient (Wildman–Crippen LogP) is 1.18. The number of aliphatic hydroxyl groups is 2. The van der Waals surface area contributed by atoms with Gasteiger partial charge in [-0.2, -0.15) is 0 Å². The van der Waals surface area contributed by atoms with Crippen LogP contribution in [0.3, 0.4) is 0 Å². The number of aliphatic hydroxyl groups excluding tert-OH is 2. The second-order valence-corrected chi connectivity index (χ2v) is 4.15. The zero-order valence-corrected chi connectivity index (χ0v) is 9.03. The quantitative estimate of drug-likeness (QED) is 0.661. The Morgan fingerprint density at radius 2 is 1.54 bits per heavy atom. The highest BCUT2D eigenvalue weighted by Gasteiger charge is 2.17. The van der Waals surface area contributed by atoms with Crippen molar-refractivity contribution >= 4 is 0 Å². The van der Waals surface area contributed by atoms with Gasteiger partial charge < -0.3 is 14.9 Å². The van der Waals surface area contributed by atoms with E-state index in [0.717, 1.165) is 0 Å². The van der Waals surface area contributed by atoms with Gasteiger partial charge in [0.2, 0.25) is 0 Å². The van der Waals surface area contributed by atoms with Crippen LogP contribution in [0.25, 0.3) is 0 Å². The summed E-state index contributed by atoms with van der Waals surface area (Å²) in [5, 5.41) is 18.9. The average Bonchev–Trinajstić information content (AvgIpc) is 1.98. The fourth-order valence-electron chi connectivity index (χ4n) is 1.04. The summed E-state index contributed by atoms with van der Waals surface area (Å²) in [5.74, 6) is 0.392. The summed E-state index contributed by atoms with van der Waals surface area (Å²) < 4.78 is 5.20. The van der Waals surface area contributed by atoms with E-state index in [0.29, 0.717) is 12.3 Å². The van der Waals surface area contributed by atoms with Crippen molar-refractivity contribution in [3.05, 3.63) is 0 Å². The van der Waals surface area contributed by atoms with Crippen molar-refractivity contribution in [1.29, 1.82) is 0 Å². The van der Waals surface area contributed by atoms with E-state index in [1.807, 2.05) is 27.7 Å². The van der Waals surface area contributed by atoms with Crippen LogP contribution in [0.15, 0.2) is 0 Å². The molecule has 2 atom stereocenters. The molecule has 2 N–H and O–H groups in total. The van der Waals surface area contributed by atoms with Gasteiger partial charge in [0.15, 0.2) is 0 Å². The van der Waals surface area contributed by atoms with Crippen molar-refractivity contribution in [2.45, 2.75) is 52.4 Å². The minimum Gasteiger partial charge on any atom is -0.390 e. The van der Waals surface area contributed by atoms with E-state index in [1.165, 1.54) is 0 Å². The van der Waals surface area contributed by atoms with Crippen LogP contribution in [0.2, 0.25) is 0 Å². The topological polar surface area (TPSA) is 49.7 Å². The van der Waals surface area contributed by atoms with Crippen molar-refractivity contribution < 1.29 is 14.9 Å². The van der Waals surface area contributed by atoms with Crippen LogP contribution in [0.1, 0.15) is 34.1 Å². The Hall–Kier alpha value is -0.120. The van der Waals surface area contributed by atoms with E-state index in [1.54, 1.807) is 0 Å². The molecule has 13 heavy (non-hydrogen) atoms. The average molecular weight is 190 g/mol. The standard InChI is InChI=1S/C10H22O3/c1-7(2)5-9(11)10(12)6-13-8(3)4/h7-12H,5-6H2,1-4H3/t9-,10-/m1/s1. The van der Waals surface area contributed by atoms with E-state index in [2.05, 4.69) is 0 Å². The lowest BCUT2D eigenvalue weighted by molar-refractivity contribution is -0.0584. The molecule has 0 amide bonds. The molecule has 3 heteroatoms. The molecule has 0 fully saturated rings. The first-order valence-corrected chi connectivity index (χ1v) is 4.91. The number of rotatable bonds is 6. The zero-order chi connectivity index (χ0) is 10.4. The highest BCUT2D eigenvalue weighted by Crippen LogP contribution is 2.08. The predicted molar refractivity (Wildman–Crippen MR) is 52.6 cm³/mol. The fraction of sp³-hybridized carbons (Fsp3) is 1.00. The Morgan fingerprint density at radius 3 is 1.92 bits per heavy atom. The monoisotopic (exact) mass is 190 g/mol. The van der Waals surface area contributed by atoms with E-state index < -0.39 is 12.2 Å². The van der Waals surface area contributed by atoms with Gasteiger partial charge in [-0.1, -0.05) is 13.8 Å². The molecule has 0 saturated heterocycles. The third-order valence-corrected chi connectivity index (χ3v) is 1.76. The Labute approximate surface area is 80.7 Å². The van der Waals surface area contributed by atoms with Crippen molar-refractivity contribution in [3.8, 4) is 0 Å². The smallest absolute Gasteiger partial charge is 0.103 e. The molecule has 0 unspecified atom stereocenters. The van der Waals surface area contributed by atoms with Crippen molar-refractivity contribution in [2.75, 3.05) is 6.61 Å². The van der Waals surface area contributed by atoms with E-state index >= 15 is 0 Å². The van der Waals surface area contributed by atoms with Crippen LogP contribution >= 0.6 is 0 Å². The summed E-state index contributed by atoms with van der Waals surface area (Å²) in [6, 6.07) is 0. The molecule has 0 aliphatic heterocycles. The van der Waals surface area contributed by atoms with Gasteiger partial charge in [-0.15, -0.1) is 0 Å². The van der Waals surface area contributed by atoms with Crippen LogP contribution in [-0.2, 0) is 4.74 Å². The Balaban J connectivity index is 3.62. The lowest BCUT2D eigenvalue weighted by Gasteiger charge is -2.20. The van der Waals surface area contributed by atoms with Crippen LogP contribution < -0.4 is 0 Å². The van der Waals surface area contributed by atoms with Gasteiger partial charge in [-0.3, -0.25) is 0 Å². The third kappa shape index (κ3) is 6.99. The largest absolute Gasteiger partial charge is 0.390 e. The number of hydrogen-bond acceptors (Lipinski definition) is 3. The molecule has 0 aromatic carbocycles. The van der Waals surface area contributed by atoms with Crippen LogP contribution in [0, 0.1) is 5.92 Å². The molecular weight excluding hydrogens is 168 g/mol. The summed E-state index contributed by atoms with van der Waals surface area (Å²) in [6.45, 7) is 8.05. The Morgan fingerprint density at radius 1 is 1.00 bits per heavy atom. The molecule has 0 rings (SSSR count). The van der Waals surface area contributed by atoms with E-state index in [9.17, 15) is 10.2 Å². The van der Waals surface area contributed by atoms with Crippen LogP contribution in [0.4, 0.5) is 0 Å². The summed E-state index contributed by atoms with van der Waals surface area (Å²) >= 11 is 0. The van der Waals surface area contributed by atoms with Gasteiger partial charge in [0.1, 0.15) is 6.10 Å². The van der Waals surface area contributed by atoms with Gasteiger partial charge in [0.05, 0.1) is 18.8 Å². The van der Waals surface area contributed by atoms with Gasteiger partial charge in [0.25, 0.3) is 0 Å². The van der Waals surface area contributed by atoms with Crippen LogP contribution in [0.5, 0.6) is 0 Å². The summed E-state index contributed by atoms with van der Waals surface area (Å²) in [7, 11) is 0. The molecule has 0 aromatic heterocycles. The first-order chi connectivity index (χ1) is 5.93. The number of hydrogen-bond donors (Lipinski definition) is 2. The maximum Gasteiger partial charge on any atom is 0.103 e. The molecular formula is C10H22O3. The highest BCUT2D eigenvalue weighted by molar-refractivity contribution is 4.68. The molecule has 0 aliphatic carbocycles. The molecule has 0 spiro atoms. The molecule has 0 bridgehead atoms. The van der Waals surface area contributed by atoms with Gasteiger partial charge >= 0.3 is 0 Å². The Bertz CT molecular complexity index is 123. The summed E-state index contributed by atoms with van der Waals surface area (Å²) in [5.41, 5.74) is 0. The lowest BCUT2D eigenvalue weighted by atomic mass is 10.0. The van der Waals surface area contributed by atoms with Gasteiger partial charge in [-0.05, 0) is 26.2 Å². The number of ether oxygens (including phenoxy) is 1. The minimum atomic E-state index is -0.759. The first-order valence-electron chi connectivity index (χ1n) is 4.91. The zero-order valence-electron chi connectivity index (χ0n) is 9.03. The Kier molecular flexibility index (Phi) is 6.29. The summed E-state index contributed by atoms with van der Waals surface area (Å²) in [4.78, 5) is 0. The molecule has 0 heterocycles. The maximum absolute atomic E-state index is 9.47. The lowest BCUT2D eigenvalue weighted by Crippen LogP contribution is -2.32. The van der Waals surface area contributed by atoms with Crippen molar-refractivity contribution in [1.82, 2.24) is 0 Å². The molecule has 80 valence electrons. The SMILES string of the molecule is CC(C)C[C@@H](O)[C@H](O)COC(C)C. The molecule has 0 aliphatic rings. The van der Waals surface area contributed by atoms with Crippen molar-refractivity contribution in [2.24, 2.45) is 5.92 Å². The fourth-order valence-corrected chi connectivity index (χ4v) is 1.04. The van der Waals surface area contributed by atoms with Crippen molar-refractivity contribution in [3.63, 3.8) is 0 Å². The van der Waals surface area contributed by atoms with Gasteiger partial charge in [0, 0.05) is 0 Å². The maximum atomic E-state index is 9.47. The minimum absolute atomic E-state index is 0.0981. The molecule has 0 saturated carbocycles. The van der Waals surface area contributed by atoms with Crippen LogP contribution in [-0.4, -0.2) is 35.1 Å². The second-order valence-electron chi connectivity index (χ2n) is 4.15. The normalized spacial score (nSPS) is 16.6. The molecule has 0 radical (unpaired) electrons. The van der Waals surface area contributed by atoms with Gasteiger partial charge in [-0.25, -0.2) is 0 Å². The second kappa shape index (κ2) is 6.35.